The fraction of sp³-hybridized carbons (Fsp3) is 0.269. The molecular formula is C26H27N3O5. The van der Waals surface area contributed by atoms with Crippen LogP contribution in [0.2, 0.25) is 0 Å². The summed E-state index contributed by atoms with van der Waals surface area (Å²) in [5, 5.41) is 5.67. The summed E-state index contributed by atoms with van der Waals surface area (Å²) in [5.74, 6) is 0.205. The highest BCUT2D eigenvalue weighted by Crippen LogP contribution is 2.27. The van der Waals surface area contributed by atoms with Gasteiger partial charge in [-0.1, -0.05) is 12.1 Å². The molecule has 0 aliphatic carbocycles. The van der Waals surface area contributed by atoms with Crippen molar-refractivity contribution in [2.45, 2.75) is 26.8 Å². The summed E-state index contributed by atoms with van der Waals surface area (Å²) in [4.78, 5) is 38.8. The minimum atomic E-state index is -0.424. The van der Waals surface area contributed by atoms with Crippen LogP contribution in [0.15, 0.2) is 65.3 Å². The maximum atomic E-state index is 12.5. The topological polar surface area (TPSA) is 101 Å². The van der Waals surface area contributed by atoms with E-state index in [4.69, 9.17) is 9.15 Å². The number of aryl methyl sites for hydroxylation is 2. The summed E-state index contributed by atoms with van der Waals surface area (Å²) in [5.41, 5.74) is 3.48. The second kappa shape index (κ2) is 10.2. The van der Waals surface area contributed by atoms with Gasteiger partial charge in [-0.2, -0.15) is 0 Å². The number of hydrogen-bond donors (Lipinski definition) is 2. The van der Waals surface area contributed by atoms with Gasteiger partial charge in [0.2, 0.25) is 11.8 Å². The Hall–Kier alpha value is -4.07. The van der Waals surface area contributed by atoms with E-state index < -0.39 is 5.92 Å². The molecule has 4 rings (SSSR count). The smallest absolute Gasteiger partial charge is 0.262 e. The van der Waals surface area contributed by atoms with Crippen LogP contribution < -0.4 is 20.3 Å². The second-order valence-electron chi connectivity index (χ2n) is 8.35. The Morgan fingerprint density at radius 2 is 1.91 bits per heavy atom. The molecule has 0 radical (unpaired) electrons. The van der Waals surface area contributed by atoms with Crippen LogP contribution in [0, 0.1) is 19.8 Å². The molecule has 3 amide bonds. The van der Waals surface area contributed by atoms with Crippen molar-refractivity contribution in [3.63, 3.8) is 0 Å². The Morgan fingerprint density at radius 1 is 1.12 bits per heavy atom. The molecule has 176 valence electrons. The van der Waals surface area contributed by atoms with E-state index in [0.29, 0.717) is 30.3 Å². The second-order valence-corrected chi connectivity index (χ2v) is 8.35. The first kappa shape index (κ1) is 23.1. The first-order valence-electron chi connectivity index (χ1n) is 11.1. The van der Waals surface area contributed by atoms with Crippen LogP contribution in [0.1, 0.15) is 23.3 Å². The van der Waals surface area contributed by atoms with Crippen LogP contribution in [0.25, 0.3) is 0 Å². The molecule has 8 heteroatoms. The molecule has 1 aromatic heterocycles. The number of rotatable bonds is 8. The van der Waals surface area contributed by atoms with E-state index in [9.17, 15) is 14.4 Å². The van der Waals surface area contributed by atoms with Crippen molar-refractivity contribution < 1.29 is 23.5 Å². The van der Waals surface area contributed by atoms with E-state index in [1.54, 1.807) is 47.6 Å². The van der Waals surface area contributed by atoms with E-state index in [0.717, 1.165) is 16.8 Å². The van der Waals surface area contributed by atoms with Gasteiger partial charge in [-0.05, 0) is 67.4 Å². The Morgan fingerprint density at radius 3 is 2.65 bits per heavy atom. The summed E-state index contributed by atoms with van der Waals surface area (Å²) >= 11 is 0. The number of ether oxygens (including phenoxy) is 1. The minimum Gasteiger partial charge on any atom is -0.484 e. The summed E-state index contributed by atoms with van der Waals surface area (Å²) in [7, 11) is 0. The van der Waals surface area contributed by atoms with Crippen LogP contribution in [0.5, 0.6) is 5.75 Å². The molecule has 1 saturated heterocycles. The summed E-state index contributed by atoms with van der Waals surface area (Å²) in [6, 6.07) is 16.3. The Balaban J connectivity index is 1.28. The molecule has 3 aromatic rings. The summed E-state index contributed by atoms with van der Waals surface area (Å²) in [6.45, 7) is 4.36. The number of furan rings is 1. The standard InChI is InChI=1S/C26H27N3O5/c1-17-5-6-18(2)23(12-17)28-24(30)16-34-21-9-7-20(8-10-21)29-15-19(13-25(29)31)26(32)27-14-22-4-3-11-33-22/h3-12,19H,13-16H2,1-2H3,(H,27,32)(H,28,30)/t19-/m1/s1. The van der Waals surface area contributed by atoms with Crippen molar-refractivity contribution in [1.82, 2.24) is 5.32 Å². The molecular weight excluding hydrogens is 434 g/mol. The number of hydrogen-bond acceptors (Lipinski definition) is 5. The highest BCUT2D eigenvalue weighted by atomic mass is 16.5. The van der Waals surface area contributed by atoms with E-state index in [-0.39, 0.29) is 30.7 Å². The van der Waals surface area contributed by atoms with Gasteiger partial charge in [0.25, 0.3) is 5.91 Å². The molecule has 0 spiro atoms. The van der Waals surface area contributed by atoms with Gasteiger partial charge in [-0.3, -0.25) is 14.4 Å². The Labute approximate surface area is 197 Å². The molecule has 1 atom stereocenters. The van der Waals surface area contributed by atoms with E-state index in [1.165, 1.54) is 0 Å². The van der Waals surface area contributed by atoms with Crippen LogP contribution in [-0.4, -0.2) is 30.9 Å². The largest absolute Gasteiger partial charge is 0.484 e. The first-order valence-corrected chi connectivity index (χ1v) is 11.1. The van der Waals surface area contributed by atoms with Crippen molar-refractivity contribution in [2.24, 2.45) is 5.92 Å². The van der Waals surface area contributed by atoms with Crippen molar-refractivity contribution in [3.8, 4) is 5.75 Å². The van der Waals surface area contributed by atoms with Crippen molar-refractivity contribution in [1.29, 1.82) is 0 Å². The monoisotopic (exact) mass is 461 g/mol. The van der Waals surface area contributed by atoms with E-state index in [1.807, 2.05) is 32.0 Å². The van der Waals surface area contributed by atoms with Gasteiger partial charge in [0.1, 0.15) is 11.5 Å². The van der Waals surface area contributed by atoms with Crippen LogP contribution in [0.3, 0.4) is 0 Å². The van der Waals surface area contributed by atoms with E-state index >= 15 is 0 Å². The van der Waals surface area contributed by atoms with Crippen molar-refractivity contribution >= 4 is 29.1 Å². The number of nitrogens with one attached hydrogen (secondary N) is 2. The quantitative estimate of drug-likeness (QED) is 0.534. The molecule has 1 fully saturated rings. The number of carbonyl (C=O) groups excluding carboxylic acids is 3. The average molecular weight is 462 g/mol. The van der Waals surface area contributed by atoms with E-state index in [2.05, 4.69) is 10.6 Å². The normalized spacial score (nSPS) is 15.3. The highest BCUT2D eigenvalue weighted by molar-refractivity contribution is 6.00. The summed E-state index contributed by atoms with van der Waals surface area (Å²) < 4.78 is 10.8. The fourth-order valence-corrected chi connectivity index (χ4v) is 3.79. The number of carbonyl (C=O) groups is 3. The molecule has 1 aliphatic heterocycles. The highest BCUT2D eigenvalue weighted by Gasteiger charge is 2.35. The predicted octanol–water partition coefficient (Wildman–Crippen LogP) is 3.58. The molecule has 1 aliphatic rings. The zero-order chi connectivity index (χ0) is 24.1. The lowest BCUT2D eigenvalue weighted by Gasteiger charge is -2.17. The molecule has 2 aromatic carbocycles. The number of nitrogens with zero attached hydrogens (tertiary/aromatic N) is 1. The maximum absolute atomic E-state index is 12.5. The number of benzene rings is 2. The van der Waals surface area contributed by atoms with Crippen molar-refractivity contribution in [2.75, 3.05) is 23.4 Å². The number of anilines is 2. The maximum Gasteiger partial charge on any atom is 0.262 e. The third kappa shape index (κ3) is 5.64. The summed E-state index contributed by atoms with van der Waals surface area (Å²) in [6.07, 6.45) is 1.70. The third-order valence-electron chi connectivity index (χ3n) is 5.70. The lowest BCUT2D eigenvalue weighted by molar-refractivity contribution is -0.126. The molecule has 0 bridgehead atoms. The van der Waals surface area contributed by atoms with Gasteiger partial charge in [0.15, 0.2) is 6.61 Å². The first-order chi connectivity index (χ1) is 16.4. The Bertz CT molecular complexity index is 1170. The van der Waals surface area contributed by atoms with Crippen molar-refractivity contribution in [3.05, 3.63) is 77.7 Å². The van der Waals surface area contributed by atoms with Crippen LogP contribution in [-0.2, 0) is 20.9 Å². The van der Waals surface area contributed by atoms with Gasteiger partial charge in [0, 0.05) is 24.3 Å². The predicted molar refractivity (Wildman–Crippen MR) is 127 cm³/mol. The van der Waals surface area contributed by atoms with Crippen LogP contribution in [0.4, 0.5) is 11.4 Å². The molecule has 2 heterocycles. The number of amides is 3. The van der Waals surface area contributed by atoms with Gasteiger partial charge < -0.3 is 24.7 Å². The minimum absolute atomic E-state index is 0.111. The van der Waals surface area contributed by atoms with Gasteiger partial charge in [-0.15, -0.1) is 0 Å². The van der Waals surface area contributed by atoms with Gasteiger partial charge >= 0.3 is 0 Å². The zero-order valence-electron chi connectivity index (χ0n) is 19.2. The molecule has 8 nitrogen and oxygen atoms in total. The zero-order valence-corrected chi connectivity index (χ0v) is 19.2. The van der Waals surface area contributed by atoms with Gasteiger partial charge in [0.05, 0.1) is 18.7 Å². The Kier molecular flexibility index (Phi) is 6.96. The average Bonchev–Trinajstić information content (AvgIpc) is 3.49. The molecule has 0 unspecified atom stereocenters. The van der Waals surface area contributed by atoms with Gasteiger partial charge in [-0.25, -0.2) is 0 Å². The molecule has 2 N–H and O–H groups in total. The SMILES string of the molecule is Cc1ccc(C)c(NC(=O)COc2ccc(N3C[C@H](C(=O)NCc4ccco4)CC3=O)cc2)c1. The molecule has 34 heavy (non-hydrogen) atoms. The lowest BCUT2D eigenvalue weighted by atomic mass is 10.1. The molecule has 0 saturated carbocycles. The lowest BCUT2D eigenvalue weighted by Crippen LogP contribution is -2.32. The van der Waals surface area contributed by atoms with Crippen LogP contribution >= 0.6 is 0 Å². The fourth-order valence-electron chi connectivity index (χ4n) is 3.79. The third-order valence-corrected chi connectivity index (χ3v) is 5.70.